The molecule has 0 saturated carbocycles. The van der Waals surface area contributed by atoms with E-state index in [0.29, 0.717) is 17.7 Å². The smallest absolute Gasteiger partial charge is 0.366 e. The maximum Gasteiger partial charge on any atom is 0.405 e. The fourth-order valence-electron chi connectivity index (χ4n) is 1.20. The van der Waals surface area contributed by atoms with Gasteiger partial charge in [0.1, 0.15) is 12.8 Å². The number of hydrogen-bond acceptors (Lipinski definition) is 7. The highest BCUT2D eigenvalue weighted by atomic mass is 32.2. The highest BCUT2D eigenvalue weighted by Gasteiger charge is 2.27. The summed E-state index contributed by atoms with van der Waals surface area (Å²) in [7, 11) is 0. The normalized spacial score (nSPS) is 12.2. The Labute approximate surface area is 122 Å². The van der Waals surface area contributed by atoms with E-state index >= 15 is 0 Å². The predicted octanol–water partition coefficient (Wildman–Crippen LogP) is 1.72. The lowest BCUT2D eigenvalue weighted by molar-refractivity contribution is -0.404. The van der Waals surface area contributed by atoms with Crippen molar-refractivity contribution in [3.63, 3.8) is 0 Å². The number of nitrogens with zero attached hydrogens (tertiary/aromatic N) is 2. The summed E-state index contributed by atoms with van der Waals surface area (Å²) in [4.78, 5) is 9.50. The number of nitro groups is 1. The largest absolute Gasteiger partial charge is 0.405 e. The lowest BCUT2D eigenvalue weighted by Crippen LogP contribution is -2.35. The molecule has 0 amide bonds. The molecule has 0 aromatic carbocycles. The molecule has 0 radical (unpaired) electrons. The van der Waals surface area contributed by atoms with Crippen LogP contribution in [0, 0.1) is 10.1 Å². The van der Waals surface area contributed by atoms with E-state index in [4.69, 9.17) is 0 Å². The monoisotopic (exact) mass is 326 g/mol. The fraction of sp³-hybridized carbons (Fsp3) is 0.500. The number of rotatable bonds is 9. The van der Waals surface area contributed by atoms with E-state index in [-0.39, 0.29) is 12.4 Å². The van der Waals surface area contributed by atoms with Crippen LogP contribution in [-0.2, 0) is 5.75 Å². The molecule has 0 spiro atoms. The van der Waals surface area contributed by atoms with Crippen molar-refractivity contribution in [1.82, 2.24) is 15.8 Å². The molecule has 1 rings (SSSR count). The van der Waals surface area contributed by atoms with Crippen LogP contribution >= 0.6 is 11.8 Å². The van der Waals surface area contributed by atoms with Gasteiger partial charge in [-0.2, -0.15) is 24.9 Å². The maximum absolute atomic E-state index is 12.0. The van der Waals surface area contributed by atoms with Gasteiger partial charge in [0.25, 0.3) is 6.20 Å². The molecule has 0 fully saturated rings. The highest BCUT2D eigenvalue weighted by Crippen LogP contribution is 2.13. The number of halogens is 3. The Morgan fingerprint density at radius 1 is 1.52 bits per heavy atom. The van der Waals surface area contributed by atoms with Crippen LogP contribution in [0.3, 0.4) is 0 Å². The molecule has 0 aliphatic carbocycles. The van der Waals surface area contributed by atoms with E-state index < -0.39 is 17.6 Å². The second-order valence-electron chi connectivity index (χ2n) is 3.77. The van der Waals surface area contributed by atoms with Crippen LogP contribution in [0.4, 0.5) is 13.2 Å². The first kappa shape index (κ1) is 17.1. The molecule has 0 aliphatic heterocycles. The average Bonchev–Trinajstić information content (AvgIpc) is 2.86. The molecule has 21 heavy (non-hydrogen) atoms. The molecule has 0 unspecified atom stereocenters. The SMILES string of the molecule is O=[N+]([O-])/C=C(\NCCSCc1ccon1)NCC(F)(F)F. The molecular weight excluding hydrogens is 313 g/mol. The van der Waals surface area contributed by atoms with Crippen LogP contribution < -0.4 is 10.6 Å². The molecule has 11 heteroatoms. The van der Waals surface area contributed by atoms with Crippen molar-refractivity contribution in [1.29, 1.82) is 0 Å². The number of nitrogens with one attached hydrogen (secondary N) is 2. The minimum absolute atomic E-state index is 0.271. The Bertz CT molecular complexity index is 465. The molecule has 7 nitrogen and oxygen atoms in total. The molecule has 0 saturated heterocycles. The van der Waals surface area contributed by atoms with E-state index in [9.17, 15) is 23.3 Å². The van der Waals surface area contributed by atoms with Crippen molar-refractivity contribution in [3.8, 4) is 0 Å². The Morgan fingerprint density at radius 2 is 2.29 bits per heavy atom. The molecule has 1 aromatic rings. The van der Waals surface area contributed by atoms with Gasteiger partial charge in [0.05, 0.1) is 10.6 Å². The summed E-state index contributed by atoms with van der Waals surface area (Å²) in [6, 6.07) is 1.70. The summed E-state index contributed by atoms with van der Waals surface area (Å²) in [5.74, 6) is 0.845. The van der Waals surface area contributed by atoms with Crippen molar-refractivity contribution >= 4 is 11.8 Å². The second kappa shape index (κ2) is 8.39. The van der Waals surface area contributed by atoms with Gasteiger partial charge in [-0.25, -0.2) is 0 Å². The first-order chi connectivity index (χ1) is 9.87. The number of hydrogen-bond donors (Lipinski definition) is 2. The van der Waals surface area contributed by atoms with Crippen molar-refractivity contribution in [2.45, 2.75) is 11.9 Å². The van der Waals surface area contributed by atoms with Crippen LogP contribution in [0.15, 0.2) is 28.9 Å². The number of aromatic nitrogens is 1. The van der Waals surface area contributed by atoms with Gasteiger partial charge in [0, 0.05) is 24.1 Å². The van der Waals surface area contributed by atoms with Crippen LogP contribution in [0.25, 0.3) is 0 Å². The van der Waals surface area contributed by atoms with Gasteiger partial charge in [0.15, 0.2) is 5.82 Å². The van der Waals surface area contributed by atoms with Gasteiger partial charge in [-0.1, -0.05) is 5.16 Å². The Balaban J connectivity index is 2.27. The number of alkyl halides is 3. The Morgan fingerprint density at radius 3 is 2.86 bits per heavy atom. The lowest BCUT2D eigenvalue weighted by Gasteiger charge is -2.12. The molecule has 0 aliphatic rings. The molecular formula is C10H13F3N4O3S. The number of thioether (sulfide) groups is 1. The topological polar surface area (TPSA) is 93.2 Å². The fourth-order valence-corrected chi connectivity index (χ4v) is 1.95. The van der Waals surface area contributed by atoms with Gasteiger partial charge in [0.2, 0.25) is 0 Å². The summed E-state index contributed by atoms with van der Waals surface area (Å²) in [5.41, 5.74) is 0.747. The first-order valence-electron chi connectivity index (χ1n) is 5.73. The zero-order valence-electron chi connectivity index (χ0n) is 10.7. The average molecular weight is 326 g/mol. The lowest BCUT2D eigenvalue weighted by atomic mass is 10.5. The van der Waals surface area contributed by atoms with Gasteiger partial charge >= 0.3 is 6.18 Å². The van der Waals surface area contributed by atoms with Gasteiger partial charge in [-0.05, 0) is 0 Å². The van der Waals surface area contributed by atoms with E-state index in [2.05, 4.69) is 15.0 Å². The third-order valence-corrected chi connectivity index (χ3v) is 3.01. The van der Waals surface area contributed by atoms with Crippen LogP contribution in [0.5, 0.6) is 0 Å². The van der Waals surface area contributed by atoms with Crippen molar-refractivity contribution < 1.29 is 22.6 Å². The Hall–Kier alpha value is -1.91. The molecule has 2 N–H and O–H groups in total. The molecule has 0 bridgehead atoms. The van der Waals surface area contributed by atoms with Gasteiger partial charge < -0.3 is 15.2 Å². The molecule has 118 valence electrons. The predicted molar refractivity (Wildman–Crippen MR) is 69.8 cm³/mol. The van der Waals surface area contributed by atoms with Crippen molar-refractivity contribution in [2.24, 2.45) is 0 Å². The summed E-state index contributed by atoms with van der Waals surface area (Å²) < 4.78 is 40.8. The van der Waals surface area contributed by atoms with Crippen LogP contribution in [0.1, 0.15) is 5.69 Å². The van der Waals surface area contributed by atoms with Crippen LogP contribution in [-0.4, -0.2) is 35.1 Å². The zero-order valence-corrected chi connectivity index (χ0v) is 11.5. The highest BCUT2D eigenvalue weighted by molar-refractivity contribution is 7.98. The van der Waals surface area contributed by atoms with Gasteiger partial charge in [-0.15, -0.1) is 0 Å². The molecule has 1 heterocycles. The van der Waals surface area contributed by atoms with Crippen molar-refractivity contribution in [2.75, 3.05) is 18.8 Å². The molecule has 1 aromatic heterocycles. The zero-order chi connectivity index (χ0) is 15.7. The summed E-state index contributed by atoms with van der Waals surface area (Å²) >= 11 is 1.46. The van der Waals surface area contributed by atoms with E-state index in [1.807, 2.05) is 5.32 Å². The second-order valence-corrected chi connectivity index (χ2v) is 4.87. The third kappa shape index (κ3) is 8.78. The van der Waals surface area contributed by atoms with E-state index in [1.165, 1.54) is 18.0 Å². The van der Waals surface area contributed by atoms with Crippen LogP contribution in [0.2, 0.25) is 0 Å². The minimum Gasteiger partial charge on any atom is -0.366 e. The quantitative estimate of drug-likeness (QED) is 0.405. The summed E-state index contributed by atoms with van der Waals surface area (Å²) in [6.45, 7) is -1.07. The minimum atomic E-state index is -4.45. The first-order valence-corrected chi connectivity index (χ1v) is 6.89. The Kier molecular flexibility index (Phi) is 6.85. The van der Waals surface area contributed by atoms with Crippen molar-refractivity contribution in [3.05, 3.63) is 40.2 Å². The van der Waals surface area contributed by atoms with E-state index in [0.717, 1.165) is 5.69 Å². The summed E-state index contributed by atoms with van der Waals surface area (Å²) in [5, 5.41) is 18.5. The van der Waals surface area contributed by atoms with Gasteiger partial charge in [-0.3, -0.25) is 10.1 Å². The summed E-state index contributed by atoms with van der Waals surface area (Å²) in [6.07, 6.45) is -2.54. The third-order valence-electron chi connectivity index (χ3n) is 2.02. The maximum atomic E-state index is 12.0. The molecule has 0 atom stereocenters. The standard InChI is InChI=1S/C10H13F3N4O3S/c11-10(12,13)7-15-9(5-17(18)19)14-2-4-21-6-8-1-3-20-16-8/h1,3,5,14-15H,2,4,6-7H2/b9-5+. The van der Waals surface area contributed by atoms with E-state index in [1.54, 1.807) is 6.07 Å².